The van der Waals surface area contributed by atoms with Gasteiger partial charge in [0, 0.05) is 44.5 Å². The molecule has 7 heteroatoms. The summed E-state index contributed by atoms with van der Waals surface area (Å²) in [5.74, 6) is -0.661. The van der Waals surface area contributed by atoms with Gasteiger partial charge < -0.3 is 24.1 Å². The molecular formula is C21H34O7. The normalized spacial score (nSPS) is 30.5. The lowest BCUT2D eigenvalue weighted by atomic mass is 9.89. The second-order valence-corrected chi connectivity index (χ2v) is 7.57. The fourth-order valence-electron chi connectivity index (χ4n) is 4.19. The van der Waals surface area contributed by atoms with E-state index in [-0.39, 0.29) is 48.9 Å². The minimum absolute atomic E-state index is 0.00205. The van der Waals surface area contributed by atoms with Crippen molar-refractivity contribution in [2.24, 2.45) is 11.8 Å². The first-order valence-corrected chi connectivity index (χ1v) is 10.3. The number of methoxy groups -OCH3 is 1. The van der Waals surface area contributed by atoms with Gasteiger partial charge >= 0.3 is 11.9 Å². The lowest BCUT2D eigenvalue weighted by Crippen LogP contribution is -2.33. The summed E-state index contributed by atoms with van der Waals surface area (Å²) in [6, 6.07) is 0. The smallest absolute Gasteiger partial charge is 0.330 e. The number of allylic oxidation sites excluding steroid dienone is 1. The predicted octanol–water partition coefficient (Wildman–Crippen LogP) is 2.75. The molecule has 28 heavy (non-hydrogen) atoms. The van der Waals surface area contributed by atoms with E-state index < -0.39 is 0 Å². The Morgan fingerprint density at radius 3 is 2.64 bits per heavy atom. The molecule has 1 saturated carbocycles. The van der Waals surface area contributed by atoms with Gasteiger partial charge in [0.15, 0.2) is 6.29 Å². The third-order valence-electron chi connectivity index (χ3n) is 5.58. The molecule has 2 rings (SSSR count). The first-order chi connectivity index (χ1) is 13.5. The number of carbonyl (C=O) groups excluding carboxylic acids is 2. The average molecular weight is 398 g/mol. The zero-order valence-corrected chi connectivity index (χ0v) is 17.0. The van der Waals surface area contributed by atoms with E-state index in [9.17, 15) is 14.7 Å². The molecule has 5 atom stereocenters. The number of rotatable bonds is 10. The lowest BCUT2D eigenvalue weighted by Gasteiger charge is -2.29. The molecule has 2 fully saturated rings. The van der Waals surface area contributed by atoms with Gasteiger partial charge in [0.1, 0.15) is 6.10 Å². The number of ether oxygens (including phenoxy) is 4. The van der Waals surface area contributed by atoms with Crippen LogP contribution in [0.4, 0.5) is 0 Å². The lowest BCUT2D eigenvalue weighted by molar-refractivity contribution is -0.198. The summed E-state index contributed by atoms with van der Waals surface area (Å²) in [7, 11) is 1.35. The summed E-state index contributed by atoms with van der Waals surface area (Å²) >= 11 is 0. The van der Waals surface area contributed by atoms with Gasteiger partial charge in [0.05, 0.1) is 13.2 Å². The van der Waals surface area contributed by atoms with Crippen molar-refractivity contribution in [3.63, 3.8) is 0 Å². The van der Waals surface area contributed by atoms with Crippen LogP contribution in [0.2, 0.25) is 0 Å². The Hall–Kier alpha value is -1.44. The highest BCUT2D eigenvalue weighted by Gasteiger charge is 2.45. The standard InChI is InChI=1S/C21H34O7/c1-15(23)27-18-13-19(28-21-11-7-8-12-26-21)17(14-22)16(18)9-5-3-4-6-10-20(24)25-2/h6,10,16-19,21-22H,3-5,7-9,11-14H2,1-2H3/b10-6+/t16-,17+,18+,19-,21?/m1/s1. The Kier molecular flexibility index (Phi) is 9.95. The zero-order valence-electron chi connectivity index (χ0n) is 17.0. The van der Waals surface area contributed by atoms with Crippen LogP contribution in [0, 0.1) is 11.8 Å². The van der Waals surface area contributed by atoms with E-state index in [1.54, 1.807) is 6.08 Å². The molecule has 1 saturated heterocycles. The van der Waals surface area contributed by atoms with Gasteiger partial charge in [-0.1, -0.05) is 12.5 Å². The topological polar surface area (TPSA) is 91.3 Å². The highest BCUT2D eigenvalue weighted by Crippen LogP contribution is 2.40. The third-order valence-corrected chi connectivity index (χ3v) is 5.58. The summed E-state index contributed by atoms with van der Waals surface area (Å²) in [5.41, 5.74) is 0. The molecule has 1 aliphatic carbocycles. The molecule has 1 N–H and O–H groups in total. The molecule has 2 aliphatic rings. The average Bonchev–Trinajstić information content (AvgIpc) is 3.00. The second-order valence-electron chi connectivity index (χ2n) is 7.57. The van der Waals surface area contributed by atoms with Crippen LogP contribution in [0.3, 0.4) is 0 Å². The Balaban J connectivity index is 1.88. The van der Waals surface area contributed by atoms with E-state index in [2.05, 4.69) is 4.74 Å². The zero-order chi connectivity index (χ0) is 20.4. The molecule has 7 nitrogen and oxygen atoms in total. The summed E-state index contributed by atoms with van der Waals surface area (Å²) in [5, 5.41) is 9.99. The largest absolute Gasteiger partial charge is 0.466 e. The van der Waals surface area contributed by atoms with Crippen LogP contribution in [0.25, 0.3) is 0 Å². The molecule has 0 bridgehead atoms. The van der Waals surface area contributed by atoms with Gasteiger partial charge in [0.25, 0.3) is 0 Å². The van der Waals surface area contributed by atoms with Crippen LogP contribution in [0.15, 0.2) is 12.2 Å². The van der Waals surface area contributed by atoms with Crippen molar-refractivity contribution in [1.29, 1.82) is 0 Å². The number of hydrogen-bond acceptors (Lipinski definition) is 7. The Labute approximate surface area is 167 Å². The van der Waals surface area contributed by atoms with Crippen molar-refractivity contribution >= 4 is 11.9 Å². The van der Waals surface area contributed by atoms with E-state index in [1.807, 2.05) is 0 Å². The second kappa shape index (κ2) is 12.2. The molecule has 1 unspecified atom stereocenters. The van der Waals surface area contributed by atoms with Crippen LogP contribution in [-0.2, 0) is 28.5 Å². The maximum atomic E-state index is 11.5. The SMILES string of the molecule is COC(=O)/C=C/CCCC[C@@H]1[C@H](CO)[C@H](OC2CCCCO2)C[C@@H]1OC(C)=O. The van der Waals surface area contributed by atoms with Crippen LogP contribution in [0.5, 0.6) is 0 Å². The van der Waals surface area contributed by atoms with Crippen molar-refractivity contribution in [2.75, 3.05) is 20.3 Å². The van der Waals surface area contributed by atoms with E-state index in [1.165, 1.54) is 20.1 Å². The number of hydrogen-bond donors (Lipinski definition) is 1. The molecule has 1 aliphatic heterocycles. The highest BCUT2D eigenvalue weighted by molar-refractivity contribution is 5.81. The molecular weight excluding hydrogens is 364 g/mol. The van der Waals surface area contributed by atoms with Gasteiger partial charge in [-0.15, -0.1) is 0 Å². The monoisotopic (exact) mass is 398 g/mol. The van der Waals surface area contributed by atoms with Gasteiger partial charge in [-0.3, -0.25) is 4.79 Å². The Morgan fingerprint density at radius 2 is 2.00 bits per heavy atom. The van der Waals surface area contributed by atoms with Gasteiger partial charge in [-0.25, -0.2) is 4.79 Å². The number of carbonyl (C=O) groups is 2. The van der Waals surface area contributed by atoms with E-state index in [4.69, 9.17) is 14.2 Å². The van der Waals surface area contributed by atoms with Gasteiger partial charge in [-0.05, 0) is 38.5 Å². The van der Waals surface area contributed by atoms with Crippen LogP contribution in [-0.4, -0.2) is 55.9 Å². The van der Waals surface area contributed by atoms with Crippen LogP contribution < -0.4 is 0 Å². The predicted molar refractivity (Wildman–Crippen MR) is 102 cm³/mol. The van der Waals surface area contributed by atoms with Crippen molar-refractivity contribution in [3.8, 4) is 0 Å². The number of unbranched alkanes of at least 4 members (excludes halogenated alkanes) is 2. The number of aliphatic hydroxyl groups is 1. The molecule has 1 heterocycles. The first-order valence-electron chi connectivity index (χ1n) is 10.3. The fraction of sp³-hybridized carbons (Fsp3) is 0.810. The minimum atomic E-state index is -0.351. The number of esters is 2. The third kappa shape index (κ3) is 7.18. The van der Waals surface area contributed by atoms with Crippen molar-refractivity contribution in [1.82, 2.24) is 0 Å². The van der Waals surface area contributed by atoms with Crippen molar-refractivity contribution in [3.05, 3.63) is 12.2 Å². The van der Waals surface area contributed by atoms with Crippen LogP contribution in [0.1, 0.15) is 58.3 Å². The summed E-state index contributed by atoms with van der Waals surface area (Å²) in [4.78, 5) is 22.6. The van der Waals surface area contributed by atoms with E-state index in [0.717, 1.165) is 44.9 Å². The maximum absolute atomic E-state index is 11.5. The molecule has 0 aromatic heterocycles. The summed E-state index contributed by atoms with van der Waals surface area (Å²) in [6.07, 6.45) is 9.63. The van der Waals surface area contributed by atoms with E-state index in [0.29, 0.717) is 13.0 Å². The first kappa shape index (κ1) is 22.8. The quantitative estimate of drug-likeness (QED) is 0.344. The maximum Gasteiger partial charge on any atom is 0.330 e. The molecule has 160 valence electrons. The Bertz CT molecular complexity index is 513. The van der Waals surface area contributed by atoms with E-state index >= 15 is 0 Å². The van der Waals surface area contributed by atoms with Crippen LogP contribution >= 0.6 is 0 Å². The minimum Gasteiger partial charge on any atom is -0.466 e. The molecule has 0 spiro atoms. The summed E-state index contributed by atoms with van der Waals surface area (Å²) in [6.45, 7) is 2.13. The van der Waals surface area contributed by atoms with Gasteiger partial charge in [-0.2, -0.15) is 0 Å². The highest BCUT2D eigenvalue weighted by atomic mass is 16.7. The number of aliphatic hydroxyl groups excluding tert-OH is 1. The molecule has 0 amide bonds. The van der Waals surface area contributed by atoms with Crippen molar-refractivity contribution < 1.29 is 33.6 Å². The molecule has 0 aromatic carbocycles. The molecule has 0 radical (unpaired) electrons. The Morgan fingerprint density at radius 1 is 1.18 bits per heavy atom. The van der Waals surface area contributed by atoms with Gasteiger partial charge in [0.2, 0.25) is 0 Å². The fourth-order valence-corrected chi connectivity index (χ4v) is 4.19. The van der Waals surface area contributed by atoms with Crippen molar-refractivity contribution in [2.45, 2.75) is 76.8 Å². The summed E-state index contributed by atoms with van der Waals surface area (Å²) < 4.78 is 21.9. The molecule has 0 aromatic rings.